The fourth-order valence-electron chi connectivity index (χ4n) is 1.78. The van der Waals surface area contributed by atoms with Crippen LogP contribution in [0.5, 0.6) is 0 Å². The quantitative estimate of drug-likeness (QED) is 0.617. The number of amides is 1. The van der Waals surface area contributed by atoms with Gasteiger partial charge in [0.05, 0.1) is 11.4 Å². The topological polar surface area (TPSA) is 42.0 Å². The van der Waals surface area contributed by atoms with Crippen LogP contribution in [0.1, 0.15) is 17.8 Å². The molecule has 2 rings (SSSR count). The number of rotatable bonds is 7. The molecule has 2 aromatic rings. The molecule has 110 valence electrons. The van der Waals surface area contributed by atoms with E-state index >= 15 is 0 Å². The summed E-state index contributed by atoms with van der Waals surface area (Å²) in [6, 6.07) is 8.42. The maximum atomic E-state index is 11.5. The van der Waals surface area contributed by atoms with Crippen LogP contribution in [0.25, 0.3) is 10.4 Å². The van der Waals surface area contributed by atoms with E-state index in [0.717, 1.165) is 15.4 Å². The normalized spacial score (nSPS) is 10.3. The molecule has 1 N–H and O–H groups in total. The number of allylic oxidation sites excluding steroid dienone is 1. The Labute approximate surface area is 133 Å². The Bertz CT molecular complexity index is 605. The van der Waals surface area contributed by atoms with Crippen molar-refractivity contribution >= 4 is 29.0 Å². The van der Waals surface area contributed by atoms with E-state index in [2.05, 4.69) is 47.4 Å². The SMILES string of the molecule is C=CCCC(=O)NCc1ncc(-c2ccc(SC)cc2)s1. The van der Waals surface area contributed by atoms with Crippen molar-refractivity contribution in [3.05, 3.63) is 48.1 Å². The first-order valence-electron chi connectivity index (χ1n) is 6.69. The number of carbonyl (C=O) groups excluding carboxylic acids is 1. The Morgan fingerprint density at radius 3 is 2.86 bits per heavy atom. The zero-order valence-electron chi connectivity index (χ0n) is 12.0. The molecule has 0 aliphatic heterocycles. The summed E-state index contributed by atoms with van der Waals surface area (Å²) in [5.41, 5.74) is 1.16. The fraction of sp³-hybridized carbons (Fsp3) is 0.250. The van der Waals surface area contributed by atoms with Crippen molar-refractivity contribution in [2.45, 2.75) is 24.3 Å². The minimum Gasteiger partial charge on any atom is -0.350 e. The van der Waals surface area contributed by atoms with Gasteiger partial charge in [-0.1, -0.05) is 18.2 Å². The maximum Gasteiger partial charge on any atom is 0.220 e. The molecular weight excluding hydrogens is 300 g/mol. The second-order valence-electron chi connectivity index (χ2n) is 4.45. The predicted octanol–water partition coefficient (Wildman–Crippen LogP) is 4.11. The van der Waals surface area contributed by atoms with Crippen LogP contribution < -0.4 is 5.32 Å². The molecule has 1 aromatic heterocycles. The molecule has 0 aliphatic rings. The van der Waals surface area contributed by atoms with Crippen LogP contribution in [-0.2, 0) is 11.3 Å². The highest BCUT2D eigenvalue weighted by atomic mass is 32.2. The summed E-state index contributed by atoms with van der Waals surface area (Å²) in [6.45, 7) is 4.10. The summed E-state index contributed by atoms with van der Waals surface area (Å²) >= 11 is 3.34. The molecule has 0 atom stereocenters. The summed E-state index contributed by atoms with van der Waals surface area (Å²) in [7, 11) is 0. The standard InChI is InChI=1S/C16H18N2OS2/c1-3-4-5-15(19)17-11-16-18-10-14(21-16)12-6-8-13(20-2)9-7-12/h3,6-10H,1,4-5,11H2,2H3,(H,17,19). The second-order valence-corrected chi connectivity index (χ2v) is 6.45. The Morgan fingerprint density at radius 2 is 2.19 bits per heavy atom. The van der Waals surface area contributed by atoms with E-state index in [-0.39, 0.29) is 5.91 Å². The lowest BCUT2D eigenvalue weighted by molar-refractivity contribution is -0.121. The Kier molecular flexibility index (Phi) is 6.02. The van der Waals surface area contributed by atoms with Gasteiger partial charge in [-0.05, 0) is 30.4 Å². The van der Waals surface area contributed by atoms with Crippen molar-refractivity contribution < 1.29 is 4.79 Å². The van der Waals surface area contributed by atoms with Crippen LogP contribution in [0.2, 0.25) is 0 Å². The van der Waals surface area contributed by atoms with Gasteiger partial charge in [0.2, 0.25) is 5.91 Å². The second kappa shape index (κ2) is 8.00. The minimum absolute atomic E-state index is 0.0379. The summed E-state index contributed by atoms with van der Waals surface area (Å²) in [5.74, 6) is 0.0379. The molecule has 0 bridgehead atoms. The lowest BCUT2D eigenvalue weighted by Gasteiger charge is -2.01. The molecule has 3 nitrogen and oxygen atoms in total. The Hall–Kier alpha value is -1.59. The van der Waals surface area contributed by atoms with Crippen molar-refractivity contribution in [3.8, 4) is 10.4 Å². The zero-order valence-corrected chi connectivity index (χ0v) is 13.6. The van der Waals surface area contributed by atoms with Gasteiger partial charge in [-0.3, -0.25) is 4.79 Å². The van der Waals surface area contributed by atoms with Crippen molar-refractivity contribution in [2.75, 3.05) is 6.26 Å². The summed E-state index contributed by atoms with van der Waals surface area (Å²) < 4.78 is 0. The van der Waals surface area contributed by atoms with E-state index < -0.39 is 0 Å². The molecule has 0 saturated carbocycles. The third-order valence-corrected chi connectivity index (χ3v) is 4.73. The molecule has 5 heteroatoms. The number of aromatic nitrogens is 1. The number of hydrogen-bond acceptors (Lipinski definition) is 4. The lowest BCUT2D eigenvalue weighted by atomic mass is 10.2. The van der Waals surface area contributed by atoms with Gasteiger partial charge in [0.15, 0.2) is 0 Å². The number of thioether (sulfide) groups is 1. The van der Waals surface area contributed by atoms with Gasteiger partial charge in [0.1, 0.15) is 5.01 Å². The third-order valence-electron chi connectivity index (χ3n) is 2.94. The average molecular weight is 318 g/mol. The van der Waals surface area contributed by atoms with Gasteiger partial charge in [-0.25, -0.2) is 4.98 Å². The average Bonchev–Trinajstić information content (AvgIpc) is 3.00. The Balaban J connectivity index is 1.94. The van der Waals surface area contributed by atoms with Gasteiger partial charge in [-0.15, -0.1) is 29.7 Å². The lowest BCUT2D eigenvalue weighted by Crippen LogP contribution is -2.21. The highest BCUT2D eigenvalue weighted by molar-refractivity contribution is 7.98. The zero-order chi connectivity index (χ0) is 15.1. The van der Waals surface area contributed by atoms with E-state index in [4.69, 9.17) is 0 Å². The van der Waals surface area contributed by atoms with Gasteiger partial charge < -0.3 is 5.32 Å². The molecule has 0 saturated heterocycles. The number of carbonyl (C=O) groups is 1. The number of benzene rings is 1. The van der Waals surface area contributed by atoms with Crippen LogP contribution in [0.4, 0.5) is 0 Å². The van der Waals surface area contributed by atoms with E-state index in [1.807, 2.05) is 6.20 Å². The highest BCUT2D eigenvalue weighted by Gasteiger charge is 2.06. The molecule has 0 fully saturated rings. The molecule has 21 heavy (non-hydrogen) atoms. The molecule has 1 heterocycles. The maximum absolute atomic E-state index is 11.5. The van der Waals surface area contributed by atoms with E-state index in [9.17, 15) is 4.79 Å². The summed E-state index contributed by atoms with van der Waals surface area (Å²) in [5, 5.41) is 3.80. The minimum atomic E-state index is 0.0379. The molecule has 0 aliphatic carbocycles. The molecule has 0 spiro atoms. The van der Waals surface area contributed by atoms with E-state index in [1.54, 1.807) is 29.2 Å². The third kappa shape index (κ3) is 4.72. The molecular formula is C16H18N2OS2. The first-order valence-corrected chi connectivity index (χ1v) is 8.73. The van der Waals surface area contributed by atoms with Crippen LogP contribution in [-0.4, -0.2) is 17.1 Å². The van der Waals surface area contributed by atoms with Gasteiger partial charge >= 0.3 is 0 Å². The van der Waals surface area contributed by atoms with Crippen molar-refractivity contribution in [1.29, 1.82) is 0 Å². The van der Waals surface area contributed by atoms with Gasteiger partial charge in [0.25, 0.3) is 0 Å². The van der Waals surface area contributed by atoms with Crippen molar-refractivity contribution in [2.24, 2.45) is 0 Å². The first kappa shape index (κ1) is 15.8. The van der Waals surface area contributed by atoms with Gasteiger partial charge in [0, 0.05) is 17.5 Å². The van der Waals surface area contributed by atoms with Crippen LogP contribution in [0.3, 0.4) is 0 Å². The molecule has 0 radical (unpaired) electrons. The van der Waals surface area contributed by atoms with E-state index in [1.165, 1.54) is 4.90 Å². The number of nitrogens with zero attached hydrogens (tertiary/aromatic N) is 1. The van der Waals surface area contributed by atoms with Crippen molar-refractivity contribution in [3.63, 3.8) is 0 Å². The van der Waals surface area contributed by atoms with Crippen LogP contribution in [0, 0.1) is 0 Å². The van der Waals surface area contributed by atoms with Gasteiger partial charge in [-0.2, -0.15) is 0 Å². The molecule has 0 unspecified atom stereocenters. The molecule has 1 amide bonds. The monoisotopic (exact) mass is 318 g/mol. The smallest absolute Gasteiger partial charge is 0.220 e. The first-order chi connectivity index (χ1) is 10.2. The number of hydrogen-bond donors (Lipinski definition) is 1. The largest absolute Gasteiger partial charge is 0.350 e. The highest BCUT2D eigenvalue weighted by Crippen LogP contribution is 2.27. The predicted molar refractivity (Wildman–Crippen MR) is 90.6 cm³/mol. The molecule has 1 aromatic carbocycles. The van der Waals surface area contributed by atoms with Crippen LogP contribution >= 0.6 is 23.1 Å². The number of thiazole rings is 1. The fourth-order valence-corrected chi connectivity index (χ4v) is 3.05. The summed E-state index contributed by atoms with van der Waals surface area (Å²) in [4.78, 5) is 18.3. The van der Waals surface area contributed by atoms with Crippen molar-refractivity contribution in [1.82, 2.24) is 10.3 Å². The van der Waals surface area contributed by atoms with Crippen LogP contribution in [0.15, 0.2) is 48.0 Å². The number of nitrogens with one attached hydrogen (secondary N) is 1. The Morgan fingerprint density at radius 1 is 1.43 bits per heavy atom. The van der Waals surface area contributed by atoms with E-state index in [0.29, 0.717) is 19.4 Å². The summed E-state index contributed by atoms with van der Waals surface area (Å²) in [6.07, 6.45) is 6.87.